The molecular weight excluding hydrogens is 216 g/mol. The Balaban J connectivity index is 2.62. The molecule has 0 spiro atoms. The van der Waals surface area contributed by atoms with Gasteiger partial charge < -0.3 is 10.6 Å². The molecule has 2 amide bonds. The maximum atomic E-state index is 11.4. The normalized spacial score (nSPS) is 9.53. The number of hydrogen-bond acceptors (Lipinski definition) is 2. The lowest BCUT2D eigenvalue weighted by Gasteiger charge is -2.08. The highest BCUT2D eigenvalue weighted by molar-refractivity contribution is 5.96. The van der Waals surface area contributed by atoms with Crippen LogP contribution in [-0.4, -0.2) is 18.4 Å². The van der Waals surface area contributed by atoms with Crippen LogP contribution in [0.5, 0.6) is 0 Å². The predicted octanol–water partition coefficient (Wildman–Crippen LogP) is 2.59. The molecule has 0 aromatic heterocycles. The van der Waals surface area contributed by atoms with E-state index < -0.39 is 0 Å². The molecule has 0 fully saturated rings. The van der Waals surface area contributed by atoms with Crippen LogP contribution < -0.4 is 10.6 Å². The van der Waals surface area contributed by atoms with Gasteiger partial charge in [0.25, 0.3) is 0 Å². The van der Waals surface area contributed by atoms with Crippen LogP contribution in [0.3, 0.4) is 0 Å². The van der Waals surface area contributed by atoms with E-state index in [4.69, 9.17) is 0 Å². The number of Topliss-reactive ketones (excluding diaryl/α,β-unsaturated/α-hetero) is 1. The van der Waals surface area contributed by atoms with Crippen molar-refractivity contribution in [2.45, 2.75) is 13.8 Å². The van der Waals surface area contributed by atoms with E-state index in [1.807, 2.05) is 6.92 Å². The SMILES string of the molecule is C=C(C)CNC(=O)Nc1cccc(C(C)=O)c1. The maximum absolute atomic E-state index is 11.4. The van der Waals surface area contributed by atoms with Crippen molar-refractivity contribution in [1.29, 1.82) is 0 Å². The molecule has 0 aliphatic rings. The second kappa shape index (κ2) is 5.84. The zero-order valence-corrected chi connectivity index (χ0v) is 10.0. The fourth-order valence-electron chi connectivity index (χ4n) is 1.22. The number of nitrogens with one attached hydrogen (secondary N) is 2. The number of anilines is 1. The van der Waals surface area contributed by atoms with Crippen LogP contribution in [0.25, 0.3) is 0 Å². The molecule has 0 aliphatic heterocycles. The summed E-state index contributed by atoms with van der Waals surface area (Å²) >= 11 is 0. The highest BCUT2D eigenvalue weighted by atomic mass is 16.2. The molecule has 0 atom stereocenters. The average Bonchev–Trinajstić information content (AvgIpc) is 2.26. The number of carbonyl (C=O) groups excluding carboxylic acids is 2. The Morgan fingerprint density at radius 2 is 2.00 bits per heavy atom. The van der Waals surface area contributed by atoms with Crippen molar-refractivity contribution in [1.82, 2.24) is 5.32 Å². The molecule has 0 aliphatic carbocycles. The third-order valence-corrected chi connectivity index (χ3v) is 2.08. The zero-order chi connectivity index (χ0) is 12.8. The number of hydrogen-bond donors (Lipinski definition) is 2. The monoisotopic (exact) mass is 232 g/mol. The molecule has 1 rings (SSSR count). The third kappa shape index (κ3) is 4.51. The lowest BCUT2D eigenvalue weighted by molar-refractivity contribution is 0.101. The van der Waals surface area contributed by atoms with E-state index in [-0.39, 0.29) is 11.8 Å². The quantitative estimate of drug-likeness (QED) is 0.619. The topological polar surface area (TPSA) is 58.2 Å². The summed E-state index contributed by atoms with van der Waals surface area (Å²) in [6.07, 6.45) is 0. The van der Waals surface area contributed by atoms with Crippen molar-refractivity contribution in [3.63, 3.8) is 0 Å². The summed E-state index contributed by atoms with van der Waals surface area (Å²) in [6.45, 7) is 7.43. The summed E-state index contributed by atoms with van der Waals surface area (Å²) < 4.78 is 0. The van der Waals surface area contributed by atoms with Gasteiger partial charge in [-0.3, -0.25) is 4.79 Å². The third-order valence-electron chi connectivity index (χ3n) is 2.08. The van der Waals surface area contributed by atoms with Crippen LogP contribution in [0.2, 0.25) is 0 Å². The molecule has 0 saturated carbocycles. The van der Waals surface area contributed by atoms with Crippen LogP contribution in [0.15, 0.2) is 36.4 Å². The Morgan fingerprint density at radius 3 is 2.59 bits per heavy atom. The van der Waals surface area contributed by atoms with E-state index in [0.29, 0.717) is 17.8 Å². The van der Waals surface area contributed by atoms with Crippen molar-refractivity contribution >= 4 is 17.5 Å². The summed E-state index contributed by atoms with van der Waals surface area (Å²) in [5.41, 5.74) is 2.04. The second-order valence-electron chi connectivity index (χ2n) is 3.90. The van der Waals surface area contributed by atoms with E-state index in [2.05, 4.69) is 17.2 Å². The molecule has 0 heterocycles. The van der Waals surface area contributed by atoms with E-state index in [0.717, 1.165) is 5.57 Å². The molecule has 0 unspecified atom stereocenters. The zero-order valence-electron chi connectivity index (χ0n) is 10.0. The summed E-state index contributed by atoms with van der Waals surface area (Å²) in [4.78, 5) is 22.6. The van der Waals surface area contributed by atoms with Crippen LogP contribution in [0.4, 0.5) is 10.5 Å². The van der Waals surface area contributed by atoms with Gasteiger partial charge in [-0.15, -0.1) is 0 Å². The lowest BCUT2D eigenvalue weighted by Crippen LogP contribution is -2.29. The van der Waals surface area contributed by atoms with E-state index >= 15 is 0 Å². The van der Waals surface area contributed by atoms with Crippen molar-refractivity contribution in [3.8, 4) is 0 Å². The van der Waals surface area contributed by atoms with Crippen LogP contribution in [0.1, 0.15) is 24.2 Å². The minimum atomic E-state index is -0.311. The lowest BCUT2D eigenvalue weighted by atomic mass is 10.1. The minimum absolute atomic E-state index is 0.0315. The molecule has 1 aromatic carbocycles. The number of benzene rings is 1. The average molecular weight is 232 g/mol. The first-order valence-corrected chi connectivity index (χ1v) is 5.29. The largest absolute Gasteiger partial charge is 0.334 e. The molecule has 90 valence electrons. The number of urea groups is 1. The fourth-order valence-corrected chi connectivity index (χ4v) is 1.22. The first-order valence-electron chi connectivity index (χ1n) is 5.29. The highest BCUT2D eigenvalue weighted by Gasteiger charge is 2.03. The smallest absolute Gasteiger partial charge is 0.319 e. The Labute approximate surface area is 101 Å². The van der Waals surface area contributed by atoms with Crippen molar-refractivity contribution in [2.75, 3.05) is 11.9 Å². The predicted molar refractivity (Wildman–Crippen MR) is 68.3 cm³/mol. The summed E-state index contributed by atoms with van der Waals surface area (Å²) in [6, 6.07) is 6.49. The summed E-state index contributed by atoms with van der Waals surface area (Å²) in [5.74, 6) is -0.0315. The standard InChI is InChI=1S/C13H16N2O2/c1-9(2)8-14-13(17)15-12-6-4-5-11(7-12)10(3)16/h4-7H,1,8H2,2-3H3,(H2,14,15,17). The molecule has 4 nitrogen and oxygen atoms in total. The Bertz CT molecular complexity index is 452. The molecule has 0 bridgehead atoms. The van der Waals surface area contributed by atoms with Crippen molar-refractivity contribution < 1.29 is 9.59 Å². The Hall–Kier alpha value is -2.10. The van der Waals surface area contributed by atoms with Crippen molar-refractivity contribution in [2.24, 2.45) is 0 Å². The van der Waals surface area contributed by atoms with E-state index in [1.54, 1.807) is 24.3 Å². The van der Waals surface area contributed by atoms with Gasteiger partial charge in [-0.2, -0.15) is 0 Å². The van der Waals surface area contributed by atoms with Crippen LogP contribution in [0, 0.1) is 0 Å². The molecular formula is C13H16N2O2. The van der Waals surface area contributed by atoms with Gasteiger partial charge in [-0.25, -0.2) is 4.79 Å². The minimum Gasteiger partial charge on any atom is -0.334 e. The van der Waals surface area contributed by atoms with E-state index in [1.165, 1.54) is 6.92 Å². The number of ketones is 1. The first kappa shape index (κ1) is 13.0. The van der Waals surface area contributed by atoms with Gasteiger partial charge in [0.1, 0.15) is 0 Å². The molecule has 2 N–H and O–H groups in total. The van der Waals surface area contributed by atoms with Gasteiger partial charge in [0.15, 0.2) is 5.78 Å². The van der Waals surface area contributed by atoms with Crippen molar-refractivity contribution in [3.05, 3.63) is 42.0 Å². The summed E-state index contributed by atoms with van der Waals surface area (Å²) in [5, 5.41) is 5.29. The van der Waals surface area contributed by atoms with Gasteiger partial charge in [-0.05, 0) is 26.0 Å². The van der Waals surface area contributed by atoms with E-state index in [9.17, 15) is 9.59 Å². The molecule has 1 aromatic rings. The molecule has 4 heteroatoms. The second-order valence-corrected chi connectivity index (χ2v) is 3.90. The number of rotatable bonds is 4. The first-order chi connectivity index (χ1) is 7.99. The van der Waals surface area contributed by atoms with Crippen LogP contribution >= 0.6 is 0 Å². The van der Waals surface area contributed by atoms with Gasteiger partial charge in [0.2, 0.25) is 0 Å². The maximum Gasteiger partial charge on any atom is 0.319 e. The molecule has 17 heavy (non-hydrogen) atoms. The Morgan fingerprint density at radius 1 is 1.29 bits per heavy atom. The van der Waals surface area contributed by atoms with Gasteiger partial charge in [0.05, 0.1) is 0 Å². The Kier molecular flexibility index (Phi) is 4.46. The van der Waals surface area contributed by atoms with Crippen LogP contribution in [-0.2, 0) is 0 Å². The molecule has 0 radical (unpaired) electrons. The van der Waals surface area contributed by atoms with Gasteiger partial charge in [-0.1, -0.05) is 24.3 Å². The summed E-state index contributed by atoms with van der Waals surface area (Å²) in [7, 11) is 0. The number of amides is 2. The molecule has 0 saturated heterocycles. The van der Waals surface area contributed by atoms with Gasteiger partial charge in [0, 0.05) is 17.8 Å². The fraction of sp³-hybridized carbons (Fsp3) is 0.231. The van der Waals surface area contributed by atoms with Gasteiger partial charge >= 0.3 is 6.03 Å². The highest BCUT2D eigenvalue weighted by Crippen LogP contribution is 2.10. The number of carbonyl (C=O) groups is 2.